The first kappa shape index (κ1) is 14.0. The Labute approximate surface area is 104 Å². The Hall–Kier alpha value is -1.09. The van der Waals surface area contributed by atoms with E-state index in [0.717, 1.165) is 37.3 Å². The molecule has 1 aromatic rings. The number of nitrogens with two attached hydrogens (primary N) is 1. The van der Waals surface area contributed by atoms with Crippen LogP contribution in [0, 0.1) is 5.92 Å². The van der Waals surface area contributed by atoms with Crippen molar-refractivity contribution in [3.05, 3.63) is 24.0 Å². The minimum atomic E-state index is 0.0306. The average molecular weight is 236 g/mol. The maximum atomic E-state index is 5.91. The number of hydrogen-bond acceptors (Lipinski definition) is 3. The molecule has 0 bridgehead atoms. The van der Waals surface area contributed by atoms with E-state index in [9.17, 15) is 0 Å². The van der Waals surface area contributed by atoms with E-state index in [-0.39, 0.29) is 6.04 Å². The second-order valence-electron chi connectivity index (χ2n) is 4.43. The summed E-state index contributed by atoms with van der Waals surface area (Å²) in [4.78, 5) is 4.33. The summed E-state index contributed by atoms with van der Waals surface area (Å²) in [5, 5.41) is 0. The first-order valence-corrected chi connectivity index (χ1v) is 6.55. The number of aromatic nitrogens is 1. The maximum Gasteiger partial charge on any atom is 0.137 e. The Morgan fingerprint density at radius 3 is 2.35 bits per heavy atom. The highest BCUT2D eigenvalue weighted by atomic mass is 16.5. The van der Waals surface area contributed by atoms with Crippen LogP contribution in [-0.4, -0.2) is 11.6 Å². The second kappa shape index (κ2) is 7.28. The lowest BCUT2D eigenvalue weighted by Crippen LogP contribution is -2.12. The predicted molar refractivity (Wildman–Crippen MR) is 71.0 cm³/mol. The minimum Gasteiger partial charge on any atom is -0.492 e. The lowest BCUT2D eigenvalue weighted by Gasteiger charge is -2.14. The van der Waals surface area contributed by atoms with Crippen molar-refractivity contribution in [3.63, 3.8) is 0 Å². The highest BCUT2D eigenvalue weighted by Gasteiger charge is 2.07. The molecule has 17 heavy (non-hydrogen) atoms. The summed E-state index contributed by atoms with van der Waals surface area (Å²) in [5.74, 6) is 1.47. The van der Waals surface area contributed by atoms with Gasteiger partial charge < -0.3 is 10.5 Å². The SMILES string of the molecule is CCC(CC)COc1ccc([C@H](N)CC)nc1. The Kier molecular flexibility index (Phi) is 5.98. The first-order valence-electron chi connectivity index (χ1n) is 6.55. The van der Waals surface area contributed by atoms with Crippen LogP contribution in [0.25, 0.3) is 0 Å². The molecule has 0 unspecified atom stereocenters. The molecule has 3 nitrogen and oxygen atoms in total. The third-order valence-corrected chi connectivity index (χ3v) is 3.22. The van der Waals surface area contributed by atoms with Crippen LogP contribution in [0.3, 0.4) is 0 Å². The van der Waals surface area contributed by atoms with Crippen LogP contribution in [-0.2, 0) is 0 Å². The van der Waals surface area contributed by atoms with Crippen LogP contribution in [0.15, 0.2) is 18.3 Å². The lowest BCUT2D eigenvalue weighted by molar-refractivity contribution is 0.239. The summed E-state index contributed by atoms with van der Waals surface area (Å²) in [6.07, 6.45) is 4.99. The fraction of sp³-hybridized carbons (Fsp3) is 0.643. The van der Waals surface area contributed by atoms with E-state index < -0.39 is 0 Å². The van der Waals surface area contributed by atoms with Crippen molar-refractivity contribution in [2.45, 2.75) is 46.1 Å². The third-order valence-electron chi connectivity index (χ3n) is 3.22. The lowest BCUT2D eigenvalue weighted by atomic mass is 10.1. The molecule has 3 heteroatoms. The maximum absolute atomic E-state index is 5.91. The van der Waals surface area contributed by atoms with E-state index in [0.29, 0.717) is 5.92 Å². The highest BCUT2D eigenvalue weighted by Crippen LogP contribution is 2.16. The summed E-state index contributed by atoms with van der Waals surface area (Å²) in [6.45, 7) is 7.22. The molecule has 1 heterocycles. The van der Waals surface area contributed by atoms with E-state index in [4.69, 9.17) is 10.5 Å². The predicted octanol–water partition coefficient (Wildman–Crippen LogP) is 3.31. The van der Waals surface area contributed by atoms with Crippen molar-refractivity contribution in [1.82, 2.24) is 4.98 Å². The molecule has 1 atom stereocenters. The number of pyridine rings is 1. The zero-order valence-electron chi connectivity index (χ0n) is 11.1. The van der Waals surface area contributed by atoms with Gasteiger partial charge in [-0.05, 0) is 24.5 Å². The van der Waals surface area contributed by atoms with Gasteiger partial charge in [0.1, 0.15) is 5.75 Å². The molecule has 0 spiro atoms. The van der Waals surface area contributed by atoms with Gasteiger partial charge in [-0.25, -0.2) is 0 Å². The molecule has 1 aromatic heterocycles. The monoisotopic (exact) mass is 236 g/mol. The molecule has 0 fully saturated rings. The molecular formula is C14H24N2O. The summed E-state index contributed by atoms with van der Waals surface area (Å²) >= 11 is 0. The molecule has 0 saturated carbocycles. The molecule has 0 amide bonds. The fourth-order valence-corrected chi connectivity index (χ4v) is 1.64. The molecule has 96 valence electrons. The first-order chi connectivity index (χ1) is 8.21. The molecular weight excluding hydrogens is 212 g/mol. The summed E-state index contributed by atoms with van der Waals surface area (Å²) < 4.78 is 5.71. The minimum absolute atomic E-state index is 0.0306. The zero-order chi connectivity index (χ0) is 12.7. The van der Waals surface area contributed by atoms with E-state index in [1.54, 1.807) is 6.20 Å². The van der Waals surface area contributed by atoms with Gasteiger partial charge in [0.15, 0.2) is 0 Å². The molecule has 0 radical (unpaired) electrons. The standard InChI is InChI=1S/C14H24N2O/c1-4-11(5-2)10-17-12-7-8-14(16-9-12)13(15)6-3/h7-9,11,13H,4-6,10,15H2,1-3H3/t13-/m1/s1. The number of nitrogens with zero attached hydrogens (tertiary/aromatic N) is 1. The van der Waals surface area contributed by atoms with Crippen molar-refractivity contribution >= 4 is 0 Å². The Balaban J connectivity index is 2.50. The highest BCUT2D eigenvalue weighted by molar-refractivity contribution is 5.21. The van der Waals surface area contributed by atoms with Gasteiger partial charge in [0.2, 0.25) is 0 Å². The molecule has 2 N–H and O–H groups in total. The number of ether oxygens (including phenoxy) is 1. The summed E-state index contributed by atoms with van der Waals surface area (Å²) in [7, 11) is 0. The van der Waals surface area contributed by atoms with Gasteiger partial charge in [0, 0.05) is 6.04 Å². The third kappa shape index (κ3) is 4.35. The van der Waals surface area contributed by atoms with Crippen LogP contribution in [0.4, 0.5) is 0 Å². The van der Waals surface area contributed by atoms with Gasteiger partial charge in [0.25, 0.3) is 0 Å². The second-order valence-corrected chi connectivity index (χ2v) is 4.43. The smallest absolute Gasteiger partial charge is 0.137 e. The van der Waals surface area contributed by atoms with E-state index >= 15 is 0 Å². The molecule has 0 aliphatic carbocycles. The van der Waals surface area contributed by atoms with Crippen molar-refractivity contribution in [1.29, 1.82) is 0 Å². The largest absolute Gasteiger partial charge is 0.492 e. The van der Waals surface area contributed by atoms with Crippen molar-refractivity contribution in [2.75, 3.05) is 6.61 Å². The summed E-state index contributed by atoms with van der Waals surface area (Å²) in [6, 6.07) is 3.94. The fourth-order valence-electron chi connectivity index (χ4n) is 1.64. The topological polar surface area (TPSA) is 48.1 Å². The van der Waals surface area contributed by atoms with Gasteiger partial charge in [0.05, 0.1) is 18.5 Å². The Bertz CT molecular complexity index is 307. The van der Waals surface area contributed by atoms with Gasteiger partial charge in [-0.3, -0.25) is 4.98 Å². The van der Waals surface area contributed by atoms with Crippen LogP contribution >= 0.6 is 0 Å². The normalized spacial score (nSPS) is 12.8. The van der Waals surface area contributed by atoms with Crippen molar-refractivity contribution < 1.29 is 4.74 Å². The molecule has 0 aromatic carbocycles. The van der Waals surface area contributed by atoms with Gasteiger partial charge >= 0.3 is 0 Å². The van der Waals surface area contributed by atoms with Crippen LogP contribution < -0.4 is 10.5 Å². The van der Waals surface area contributed by atoms with Crippen molar-refractivity contribution in [3.8, 4) is 5.75 Å². The van der Waals surface area contributed by atoms with E-state index in [1.807, 2.05) is 12.1 Å². The molecule has 0 aliphatic rings. The summed E-state index contributed by atoms with van der Waals surface area (Å²) in [5.41, 5.74) is 6.84. The van der Waals surface area contributed by atoms with E-state index in [1.165, 1.54) is 0 Å². The van der Waals surface area contributed by atoms with Crippen LogP contribution in [0.2, 0.25) is 0 Å². The van der Waals surface area contributed by atoms with Crippen LogP contribution in [0.1, 0.15) is 51.8 Å². The van der Waals surface area contributed by atoms with E-state index in [2.05, 4.69) is 25.8 Å². The van der Waals surface area contributed by atoms with Crippen LogP contribution in [0.5, 0.6) is 5.75 Å². The van der Waals surface area contributed by atoms with Crippen molar-refractivity contribution in [2.24, 2.45) is 11.7 Å². The number of rotatable bonds is 7. The Morgan fingerprint density at radius 1 is 1.18 bits per heavy atom. The molecule has 1 rings (SSSR count). The van der Waals surface area contributed by atoms with Gasteiger partial charge in [-0.1, -0.05) is 33.6 Å². The zero-order valence-corrected chi connectivity index (χ0v) is 11.1. The molecule has 0 saturated heterocycles. The van der Waals surface area contributed by atoms with Gasteiger partial charge in [-0.2, -0.15) is 0 Å². The number of hydrogen-bond donors (Lipinski definition) is 1. The van der Waals surface area contributed by atoms with Gasteiger partial charge in [-0.15, -0.1) is 0 Å². The molecule has 0 aliphatic heterocycles. The quantitative estimate of drug-likeness (QED) is 0.790. The Morgan fingerprint density at radius 2 is 1.88 bits per heavy atom. The average Bonchev–Trinajstić information content (AvgIpc) is 2.39.